The van der Waals surface area contributed by atoms with Gasteiger partial charge in [-0.1, -0.05) is 55.7 Å². The highest BCUT2D eigenvalue weighted by atomic mass is 32.2. The molecule has 0 aromatic heterocycles. The van der Waals surface area contributed by atoms with Crippen molar-refractivity contribution in [1.82, 2.24) is 0 Å². The normalized spacial score (nSPS) is 13.8. The third-order valence-corrected chi connectivity index (χ3v) is 7.22. The van der Waals surface area contributed by atoms with E-state index in [1.807, 2.05) is 31.7 Å². The van der Waals surface area contributed by atoms with Crippen molar-refractivity contribution in [3.8, 4) is 0 Å². The first-order chi connectivity index (χ1) is 8.18. The molecule has 1 aromatic carbocycles. The molecule has 0 atom stereocenters. The van der Waals surface area contributed by atoms with E-state index in [0.29, 0.717) is 6.42 Å². The summed E-state index contributed by atoms with van der Waals surface area (Å²) in [5.74, 6) is 0. The minimum absolute atomic E-state index is 0.623. The molecule has 1 nitrogen and oxygen atoms in total. The molecule has 0 spiro atoms. The molecule has 0 saturated carbocycles. The van der Waals surface area contributed by atoms with Crippen LogP contribution >= 0.6 is 11.8 Å². The molecule has 0 radical (unpaired) electrons. The molecular formula is C15H24OSSi. The van der Waals surface area contributed by atoms with E-state index in [-0.39, 0.29) is 0 Å². The number of aliphatic hydroxyl groups is 1. The highest BCUT2D eigenvalue weighted by molar-refractivity contribution is 8.05. The zero-order chi connectivity index (χ0) is 13.8. The predicted molar refractivity (Wildman–Crippen MR) is 84.6 cm³/mol. The van der Waals surface area contributed by atoms with E-state index < -0.39 is 13.7 Å². The lowest BCUT2D eigenvalue weighted by atomic mass is 10.1. The van der Waals surface area contributed by atoms with Crippen LogP contribution < -0.4 is 0 Å². The van der Waals surface area contributed by atoms with E-state index >= 15 is 0 Å². The largest absolute Gasteiger partial charge is 0.390 e. The van der Waals surface area contributed by atoms with Crippen LogP contribution in [0.3, 0.4) is 0 Å². The van der Waals surface area contributed by atoms with Crippen LogP contribution in [0.25, 0.3) is 0 Å². The van der Waals surface area contributed by atoms with E-state index in [0.717, 1.165) is 0 Å². The maximum atomic E-state index is 9.86. The second-order valence-corrected chi connectivity index (χ2v) is 12.8. The summed E-state index contributed by atoms with van der Waals surface area (Å²) >= 11 is 1.85. The van der Waals surface area contributed by atoms with E-state index in [9.17, 15) is 5.11 Å². The summed E-state index contributed by atoms with van der Waals surface area (Å²) in [5.41, 5.74) is -0.623. The van der Waals surface area contributed by atoms with Gasteiger partial charge in [0.1, 0.15) is 0 Å². The Morgan fingerprint density at radius 3 is 2.22 bits per heavy atom. The van der Waals surface area contributed by atoms with Gasteiger partial charge in [0.25, 0.3) is 0 Å². The summed E-state index contributed by atoms with van der Waals surface area (Å²) in [5, 5.41) is 9.86. The zero-order valence-electron chi connectivity index (χ0n) is 12.0. The van der Waals surface area contributed by atoms with Crippen molar-refractivity contribution in [1.29, 1.82) is 0 Å². The monoisotopic (exact) mass is 280 g/mol. The topological polar surface area (TPSA) is 20.2 Å². The van der Waals surface area contributed by atoms with Crippen molar-refractivity contribution in [3.63, 3.8) is 0 Å². The van der Waals surface area contributed by atoms with Crippen LogP contribution in [-0.4, -0.2) is 18.8 Å². The molecule has 3 heteroatoms. The standard InChI is InChI=1S/C15H24OSSi/c1-15(2,16)12-11-14(18(3,4)5)17-13-9-7-6-8-10-13/h6-11,16H,12H2,1-5H3/b14-11+. The molecule has 100 valence electrons. The van der Waals surface area contributed by atoms with Crippen molar-refractivity contribution in [3.05, 3.63) is 40.9 Å². The molecule has 1 N–H and O–H groups in total. The van der Waals surface area contributed by atoms with Crippen LogP contribution in [0, 0.1) is 0 Å². The Balaban J connectivity index is 2.87. The van der Waals surface area contributed by atoms with Gasteiger partial charge in [0.05, 0.1) is 13.7 Å². The fourth-order valence-electron chi connectivity index (χ4n) is 1.46. The molecule has 0 aliphatic rings. The summed E-state index contributed by atoms with van der Waals surface area (Å²) in [6.45, 7) is 10.8. The van der Waals surface area contributed by atoms with Gasteiger partial charge in [0, 0.05) is 4.90 Å². The van der Waals surface area contributed by atoms with Gasteiger partial charge in [0.2, 0.25) is 0 Å². The predicted octanol–water partition coefficient (Wildman–Crippen LogP) is 4.70. The fourth-order valence-corrected chi connectivity index (χ4v) is 4.47. The first-order valence-corrected chi connectivity index (χ1v) is 10.7. The van der Waals surface area contributed by atoms with Gasteiger partial charge in [-0.15, -0.1) is 0 Å². The minimum atomic E-state index is -1.36. The van der Waals surface area contributed by atoms with Crippen molar-refractivity contribution in [2.45, 2.75) is 50.4 Å². The SMILES string of the molecule is CC(C)(O)C/C=C(\Sc1ccccc1)[Si](C)(C)C. The molecule has 0 saturated heterocycles. The van der Waals surface area contributed by atoms with Gasteiger partial charge < -0.3 is 5.11 Å². The molecule has 0 unspecified atom stereocenters. The lowest BCUT2D eigenvalue weighted by molar-refractivity contribution is 0.0839. The summed E-state index contributed by atoms with van der Waals surface area (Å²) in [6, 6.07) is 10.5. The van der Waals surface area contributed by atoms with Crippen LogP contribution in [0.1, 0.15) is 20.3 Å². The van der Waals surface area contributed by atoms with Crippen LogP contribution in [0.15, 0.2) is 45.8 Å². The highest BCUT2D eigenvalue weighted by Crippen LogP contribution is 2.34. The third kappa shape index (κ3) is 5.89. The maximum Gasteiger partial charge on any atom is 0.0857 e. The summed E-state index contributed by atoms with van der Waals surface area (Å²) in [6.07, 6.45) is 2.94. The number of rotatable bonds is 5. The van der Waals surface area contributed by atoms with Gasteiger partial charge in [-0.25, -0.2) is 0 Å². The molecule has 0 fully saturated rings. The van der Waals surface area contributed by atoms with Gasteiger partial charge in [-0.3, -0.25) is 0 Å². The second-order valence-electron chi connectivity index (χ2n) is 6.25. The molecule has 1 rings (SSSR count). The Kier molecular flexibility index (Phi) is 5.26. The van der Waals surface area contributed by atoms with E-state index in [2.05, 4.69) is 50.0 Å². The molecule has 0 amide bonds. The first kappa shape index (κ1) is 15.5. The molecule has 0 heterocycles. The average Bonchev–Trinajstić information content (AvgIpc) is 2.22. The summed E-state index contributed by atoms with van der Waals surface area (Å²) < 4.78 is 1.44. The number of thioether (sulfide) groups is 1. The Hall–Kier alpha value is -0.513. The Labute approximate surface area is 116 Å². The lowest BCUT2D eigenvalue weighted by Crippen LogP contribution is -2.24. The maximum absolute atomic E-state index is 9.86. The Morgan fingerprint density at radius 1 is 1.22 bits per heavy atom. The van der Waals surface area contributed by atoms with Crippen molar-refractivity contribution in [2.75, 3.05) is 0 Å². The van der Waals surface area contributed by atoms with Crippen molar-refractivity contribution < 1.29 is 5.11 Å². The van der Waals surface area contributed by atoms with Crippen molar-refractivity contribution >= 4 is 19.8 Å². The lowest BCUT2D eigenvalue weighted by Gasteiger charge is -2.23. The van der Waals surface area contributed by atoms with Crippen LogP contribution in [0.5, 0.6) is 0 Å². The third-order valence-electron chi connectivity index (χ3n) is 2.50. The number of hydrogen-bond donors (Lipinski definition) is 1. The molecular weight excluding hydrogens is 256 g/mol. The van der Waals surface area contributed by atoms with E-state index in [4.69, 9.17) is 0 Å². The van der Waals surface area contributed by atoms with Crippen LogP contribution in [0.4, 0.5) is 0 Å². The Bertz CT molecular complexity index is 399. The molecule has 0 aliphatic heterocycles. The number of benzene rings is 1. The fraction of sp³-hybridized carbons (Fsp3) is 0.467. The average molecular weight is 281 g/mol. The molecule has 0 bridgehead atoms. The summed E-state index contributed by atoms with van der Waals surface area (Å²) in [7, 11) is -1.36. The zero-order valence-corrected chi connectivity index (χ0v) is 13.8. The van der Waals surface area contributed by atoms with Gasteiger partial charge in [-0.2, -0.15) is 0 Å². The van der Waals surface area contributed by atoms with E-state index in [1.54, 1.807) is 0 Å². The first-order valence-electron chi connectivity index (χ1n) is 6.34. The smallest absolute Gasteiger partial charge is 0.0857 e. The van der Waals surface area contributed by atoms with Crippen LogP contribution in [0.2, 0.25) is 19.6 Å². The van der Waals surface area contributed by atoms with Crippen LogP contribution in [-0.2, 0) is 0 Å². The second kappa shape index (κ2) is 6.09. The quantitative estimate of drug-likeness (QED) is 0.623. The van der Waals surface area contributed by atoms with Crippen molar-refractivity contribution in [2.24, 2.45) is 0 Å². The molecule has 18 heavy (non-hydrogen) atoms. The van der Waals surface area contributed by atoms with Gasteiger partial charge in [0.15, 0.2) is 0 Å². The van der Waals surface area contributed by atoms with Gasteiger partial charge in [-0.05, 0) is 36.9 Å². The molecule has 0 aliphatic carbocycles. The summed E-state index contributed by atoms with van der Waals surface area (Å²) in [4.78, 5) is 1.28. The van der Waals surface area contributed by atoms with Gasteiger partial charge >= 0.3 is 0 Å². The van der Waals surface area contributed by atoms with E-state index in [1.165, 1.54) is 9.42 Å². The molecule has 1 aromatic rings. The number of hydrogen-bond acceptors (Lipinski definition) is 2. The minimum Gasteiger partial charge on any atom is -0.390 e. The highest BCUT2D eigenvalue weighted by Gasteiger charge is 2.22. The Morgan fingerprint density at radius 2 is 1.78 bits per heavy atom.